The third kappa shape index (κ3) is 3.33. The Balaban J connectivity index is 1.78. The Morgan fingerprint density at radius 2 is 2.04 bits per heavy atom. The van der Waals surface area contributed by atoms with Crippen LogP contribution in [0.1, 0.15) is 35.2 Å². The zero-order chi connectivity index (χ0) is 16.4. The molecule has 0 unspecified atom stereocenters. The van der Waals surface area contributed by atoms with Crippen LogP contribution in [0, 0.1) is 13.8 Å². The summed E-state index contributed by atoms with van der Waals surface area (Å²) in [5, 5.41) is 7.25. The summed E-state index contributed by atoms with van der Waals surface area (Å²) in [6, 6.07) is 7.40. The maximum Gasteiger partial charge on any atom is 0.267 e. The van der Waals surface area contributed by atoms with Crippen LogP contribution in [-0.2, 0) is 24.2 Å². The summed E-state index contributed by atoms with van der Waals surface area (Å²) >= 11 is 0. The minimum absolute atomic E-state index is 0.0561. The molecule has 5 heteroatoms. The molecule has 1 aliphatic rings. The van der Waals surface area contributed by atoms with E-state index in [4.69, 9.17) is 0 Å². The van der Waals surface area contributed by atoms with Gasteiger partial charge in [-0.05, 0) is 62.3 Å². The van der Waals surface area contributed by atoms with Crippen LogP contribution >= 0.6 is 0 Å². The largest absolute Gasteiger partial charge is 0.324 e. The second-order valence-electron chi connectivity index (χ2n) is 6.11. The molecule has 1 aromatic carbocycles. The van der Waals surface area contributed by atoms with E-state index in [0.29, 0.717) is 0 Å². The highest BCUT2D eigenvalue weighted by atomic mass is 16.2. The van der Waals surface area contributed by atoms with Gasteiger partial charge < -0.3 is 5.32 Å². The molecule has 0 fully saturated rings. The Kier molecular flexibility index (Phi) is 4.28. The number of benzene rings is 1. The molecule has 5 nitrogen and oxygen atoms in total. The molecule has 1 amide bonds. The molecule has 0 atom stereocenters. The van der Waals surface area contributed by atoms with E-state index in [1.54, 1.807) is 6.07 Å². The lowest BCUT2D eigenvalue weighted by molar-refractivity contribution is -0.117. The first-order chi connectivity index (χ1) is 11.0. The molecular formula is C18H21N3O2. The van der Waals surface area contributed by atoms with Crippen LogP contribution in [0.15, 0.2) is 29.1 Å². The van der Waals surface area contributed by atoms with Gasteiger partial charge in [0.05, 0.1) is 5.69 Å². The number of aromatic nitrogens is 2. The SMILES string of the molecule is Cc1cccc(NC(=O)Cn2nc3c(cc2=O)CCCC3)c1C. The van der Waals surface area contributed by atoms with Gasteiger partial charge in [0.1, 0.15) is 6.54 Å². The molecule has 0 saturated carbocycles. The van der Waals surface area contributed by atoms with Gasteiger partial charge in [-0.3, -0.25) is 9.59 Å². The lowest BCUT2D eigenvalue weighted by atomic mass is 9.97. The monoisotopic (exact) mass is 311 g/mol. The molecule has 0 spiro atoms. The van der Waals surface area contributed by atoms with Crippen LogP contribution in [0.5, 0.6) is 0 Å². The molecule has 120 valence electrons. The van der Waals surface area contributed by atoms with E-state index in [1.807, 2.05) is 32.0 Å². The van der Waals surface area contributed by atoms with Crippen LogP contribution in [-0.4, -0.2) is 15.7 Å². The predicted octanol–water partition coefficient (Wildman–Crippen LogP) is 2.38. The van der Waals surface area contributed by atoms with Crippen LogP contribution < -0.4 is 10.9 Å². The number of hydrogen-bond acceptors (Lipinski definition) is 3. The van der Waals surface area contributed by atoms with Crippen LogP contribution in [0.4, 0.5) is 5.69 Å². The van der Waals surface area contributed by atoms with Gasteiger partial charge in [-0.1, -0.05) is 12.1 Å². The van der Waals surface area contributed by atoms with Crippen molar-refractivity contribution in [1.82, 2.24) is 9.78 Å². The van der Waals surface area contributed by atoms with Gasteiger partial charge in [-0.15, -0.1) is 0 Å². The average Bonchev–Trinajstić information content (AvgIpc) is 2.52. The van der Waals surface area contributed by atoms with E-state index < -0.39 is 0 Å². The van der Waals surface area contributed by atoms with E-state index in [2.05, 4.69) is 10.4 Å². The lowest BCUT2D eigenvalue weighted by Gasteiger charge is -2.16. The molecule has 1 aromatic heterocycles. The Hall–Kier alpha value is -2.43. The number of nitrogens with one attached hydrogen (secondary N) is 1. The van der Waals surface area contributed by atoms with Gasteiger partial charge in [0, 0.05) is 11.8 Å². The number of fused-ring (bicyclic) bond motifs is 1. The topological polar surface area (TPSA) is 64.0 Å². The first-order valence-corrected chi connectivity index (χ1v) is 8.00. The van der Waals surface area contributed by atoms with E-state index in [-0.39, 0.29) is 18.0 Å². The third-order valence-corrected chi connectivity index (χ3v) is 4.45. The Bertz CT molecular complexity index is 808. The van der Waals surface area contributed by atoms with Crippen molar-refractivity contribution in [3.63, 3.8) is 0 Å². The van der Waals surface area contributed by atoms with Gasteiger partial charge >= 0.3 is 0 Å². The number of nitrogens with zero attached hydrogens (tertiary/aromatic N) is 2. The summed E-state index contributed by atoms with van der Waals surface area (Å²) in [4.78, 5) is 24.4. The molecule has 1 heterocycles. The average molecular weight is 311 g/mol. The molecule has 0 aliphatic heterocycles. The number of amides is 1. The number of hydrogen-bond donors (Lipinski definition) is 1. The van der Waals surface area contributed by atoms with Crippen LogP contribution in [0.3, 0.4) is 0 Å². The van der Waals surface area contributed by atoms with Crippen LogP contribution in [0.2, 0.25) is 0 Å². The highest BCUT2D eigenvalue weighted by Gasteiger charge is 2.15. The highest BCUT2D eigenvalue weighted by molar-refractivity contribution is 5.91. The normalized spacial score (nSPS) is 13.5. The summed E-state index contributed by atoms with van der Waals surface area (Å²) in [5.41, 5.74) is 4.71. The van der Waals surface area contributed by atoms with Gasteiger partial charge in [-0.25, -0.2) is 4.68 Å². The smallest absolute Gasteiger partial charge is 0.267 e. The van der Waals surface area contributed by atoms with Gasteiger partial charge in [0.15, 0.2) is 0 Å². The number of aryl methyl sites for hydroxylation is 3. The van der Waals surface area contributed by atoms with Crippen molar-refractivity contribution in [3.05, 3.63) is 57.0 Å². The highest BCUT2D eigenvalue weighted by Crippen LogP contribution is 2.18. The molecule has 2 aromatic rings. The number of carbonyl (C=O) groups is 1. The van der Waals surface area contributed by atoms with E-state index in [0.717, 1.165) is 53.8 Å². The maximum atomic E-state index is 12.3. The zero-order valence-corrected chi connectivity index (χ0v) is 13.6. The van der Waals surface area contributed by atoms with Crippen LogP contribution in [0.25, 0.3) is 0 Å². The Labute approximate surface area is 135 Å². The van der Waals surface area contributed by atoms with E-state index >= 15 is 0 Å². The van der Waals surface area contributed by atoms with E-state index in [9.17, 15) is 9.59 Å². The van der Waals surface area contributed by atoms with Crippen molar-refractivity contribution in [2.45, 2.75) is 46.1 Å². The van der Waals surface area contributed by atoms with Crippen molar-refractivity contribution in [1.29, 1.82) is 0 Å². The fourth-order valence-electron chi connectivity index (χ4n) is 2.93. The van der Waals surface area contributed by atoms with Crippen molar-refractivity contribution in [2.75, 3.05) is 5.32 Å². The van der Waals surface area contributed by atoms with Crippen molar-refractivity contribution < 1.29 is 4.79 Å². The molecular weight excluding hydrogens is 290 g/mol. The fraction of sp³-hybridized carbons (Fsp3) is 0.389. The molecule has 23 heavy (non-hydrogen) atoms. The lowest BCUT2D eigenvalue weighted by Crippen LogP contribution is -2.31. The summed E-state index contributed by atoms with van der Waals surface area (Å²) < 4.78 is 1.27. The second kappa shape index (κ2) is 6.36. The minimum atomic E-state index is -0.232. The second-order valence-corrected chi connectivity index (χ2v) is 6.11. The van der Waals surface area contributed by atoms with Gasteiger partial charge in [-0.2, -0.15) is 5.10 Å². The van der Waals surface area contributed by atoms with E-state index in [1.165, 1.54) is 4.68 Å². The molecule has 3 rings (SSSR count). The van der Waals surface area contributed by atoms with Gasteiger partial charge in [0.25, 0.3) is 5.56 Å². The Morgan fingerprint density at radius 3 is 2.87 bits per heavy atom. The maximum absolute atomic E-state index is 12.3. The molecule has 0 bridgehead atoms. The number of rotatable bonds is 3. The van der Waals surface area contributed by atoms with Crippen molar-refractivity contribution >= 4 is 11.6 Å². The molecule has 0 radical (unpaired) electrons. The Morgan fingerprint density at radius 1 is 1.26 bits per heavy atom. The predicted molar refractivity (Wildman–Crippen MR) is 89.7 cm³/mol. The fourth-order valence-corrected chi connectivity index (χ4v) is 2.93. The number of anilines is 1. The third-order valence-electron chi connectivity index (χ3n) is 4.45. The minimum Gasteiger partial charge on any atom is -0.324 e. The summed E-state index contributed by atoms with van der Waals surface area (Å²) in [7, 11) is 0. The summed E-state index contributed by atoms with van der Waals surface area (Å²) in [6.45, 7) is 3.91. The van der Waals surface area contributed by atoms with Gasteiger partial charge in [0.2, 0.25) is 5.91 Å². The summed E-state index contributed by atoms with van der Waals surface area (Å²) in [6.07, 6.45) is 3.99. The van der Waals surface area contributed by atoms with Crippen molar-refractivity contribution in [2.24, 2.45) is 0 Å². The summed E-state index contributed by atoms with van der Waals surface area (Å²) in [5.74, 6) is -0.232. The first-order valence-electron chi connectivity index (χ1n) is 8.00. The first kappa shape index (κ1) is 15.5. The quantitative estimate of drug-likeness (QED) is 0.946. The molecule has 1 aliphatic carbocycles. The zero-order valence-electron chi connectivity index (χ0n) is 13.6. The standard InChI is InChI=1S/C18H21N3O2/c1-12-6-5-9-15(13(12)2)19-17(22)11-21-18(23)10-14-7-3-4-8-16(14)20-21/h5-6,9-10H,3-4,7-8,11H2,1-2H3,(H,19,22). The number of carbonyl (C=O) groups excluding carboxylic acids is 1. The molecule has 0 saturated heterocycles. The molecule has 1 N–H and O–H groups in total. The van der Waals surface area contributed by atoms with Crippen molar-refractivity contribution in [3.8, 4) is 0 Å².